The number of rotatable bonds is 5. The highest BCUT2D eigenvalue weighted by Gasteiger charge is 2.11. The van der Waals surface area contributed by atoms with Crippen molar-refractivity contribution in [3.63, 3.8) is 0 Å². The van der Waals surface area contributed by atoms with E-state index in [0.29, 0.717) is 12.6 Å². The first-order valence-corrected chi connectivity index (χ1v) is 6.79. The molecule has 0 unspecified atom stereocenters. The topological polar surface area (TPSA) is 66.9 Å². The van der Waals surface area contributed by atoms with Crippen molar-refractivity contribution in [2.75, 3.05) is 6.54 Å². The van der Waals surface area contributed by atoms with E-state index in [2.05, 4.69) is 10.3 Å². The molecule has 0 radical (unpaired) electrons. The summed E-state index contributed by atoms with van der Waals surface area (Å²) in [5, 5.41) is 3.54. The molecular weight excluding hydrogens is 230 g/mol. The average Bonchev–Trinajstić information content (AvgIpc) is 2.38. The third-order valence-electron chi connectivity index (χ3n) is 3.51. The molecule has 0 saturated heterocycles. The number of H-pyrrole nitrogens is 1. The monoisotopic (exact) mass is 251 g/mol. The molecule has 0 atom stereocenters. The van der Waals surface area contributed by atoms with Gasteiger partial charge in [0.1, 0.15) is 0 Å². The maximum absolute atomic E-state index is 11.4. The van der Waals surface area contributed by atoms with E-state index in [9.17, 15) is 9.59 Å². The number of aryl methyl sites for hydroxylation is 1. The lowest BCUT2D eigenvalue weighted by atomic mass is 9.95. The Balaban J connectivity index is 1.71. The molecule has 18 heavy (non-hydrogen) atoms. The zero-order chi connectivity index (χ0) is 12.8. The van der Waals surface area contributed by atoms with Crippen LogP contribution < -0.4 is 16.6 Å². The van der Waals surface area contributed by atoms with Crippen LogP contribution in [-0.2, 0) is 6.54 Å². The van der Waals surface area contributed by atoms with Crippen LogP contribution in [0.2, 0.25) is 0 Å². The summed E-state index contributed by atoms with van der Waals surface area (Å²) in [6.45, 7) is 1.57. The second-order valence-electron chi connectivity index (χ2n) is 4.95. The third kappa shape index (κ3) is 3.84. The SMILES string of the molecule is O=c1ccn(CCCNC2CCCCC2)c(=O)[nH]1. The standard InChI is InChI=1S/C13H21N3O2/c17-12-7-10-16(13(18)15-12)9-4-8-14-11-5-2-1-3-6-11/h7,10-11,14H,1-6,8-9H2,(H,15,17,18). The van der Waals surface area contributed by atoms with Gasteiger partial charge < -0.3 is 9.88 Å². The molecule has 0 bridgehead atoms. The van der Waals surface area contributed by atoms with Gasteiger partial charge in [-0.25, -0.2) is 4.79 Å². The highest BCUT2D eigenvalue weighted by atomic mass is 16.2. The van der Waals surface area contributed by atoms with Gasteiger partial charge in [-0.1, -0.05) is 19.3 Å². The Morgan fingerprint density at radius 3 is 2.78 bits per heavy atom. The Labute approximate surface area is 106 Å². The van der Waals surface area contributed by atoms with Crippen molar-refractivity contribution in [2.24, 2.45) is 0 Å². The number of hydrogen-bond acceptors (Lipinski definition) is 3. The molecule has 5 nitrogen and oxygen atoms in total. The normalized spacial score (nSPS) is 16.9. The molecule has 1 aromatic heterocycles. The van der Waals surface area contributed by atoms with E-state index in [1.54, 1.807) is 10.8 Å². The van der Waals surface area contributed by atoms with Gasteiger partial charge in [-0.3, -0.25) is 9.78 Å². The molecule has 0 aliphatic heterocycles. The van der Waals surface area contributed by atoms with Crippen molar-refractivity contribution in [1.82, 2.24) is 14.9 Å². The number of aromatic nitrogens is 2. The highest BCUT2D eigenvalue weighted by Crippen LogP contribution is 2.17. The van der Waals surface area contributed by atoms with Gasteiger partial charge in [-0.05, 0) is 25.8 Å². The molecule has 0 amide bonds. The summed E-state index contributed by atoms with van der Waals surface area (Å²) in [7, 11) is 0. The summed E-state index contributed by atoms with van der Waals surface area (Å²) in [6, 6.07) is 2.04. The molecule has 100 valence electrons. The maximum atomic E-state index is 11.4. The minimum Gasteiger partial charge on any atom is -0.314 e. The minimum absolute atomic E-state index is 0.319. The number of nitrogens with zero attached hydrogens (tertiary/aromatic N) is 1. The van der Waals surface area contributed by atoms with Gasteiger partial charge >= 0.3 is 5.69 Å². The zero-order valence-corrected chi connectivity index (χ0v) is 10.7. The van der Waals surface area contributed by atoms with Crippen molar-refractivity contribution in [1.29, 1.82) is 0 Å². The predicted molar refractivity (Wildman–Crippen MR) is 70.8 cm³/mol. The second-order valence-corrected chi connectivity index (χ2v) is 4.95. The summed E-state index contributed by atoms with van der Waals surface area (Å²) in [5.74, 6) is 0. The highest BCUT2D eigenvalue weighted by molar-refractivity contribution is 4.82. The van der Waals surface area contributed by atoms with Gasteiger partial charge in [-0.15, -0.1) is 0 Å². The number of aromatic amines is 1. The van der Waals surface area contributed by atoms with Gasteiger partial charge in [-0.2, -0.15) is 0 Å². The van der Waals surface area contributed by atoms with E-state index < -0.39 is 0 Å². The van der Waals surface area contributed by atoms with Gasteiger partial charge in [0, 0.05) is 24.8 Å². The number of hydrogen-bond donors (Lipinski definition) is 2. The summed E-state index contributed by atoms with van der Waals surface area (Å²) < 4.78 is 1.55. The van der Waals surface area contributed by atoms with E-state index in [0.717, 1.165) is 13.0 Å². The molecular formula is C13H21N3O2. The Bertz CT molecular complexity index is 472. The van der Waals surface area contributed by atoms with Gasteiger partial charge in [0.25, 0.3) is 5.56 Å². The largest absolute Gasteiger partial charge is 0.328 e. The molecule has 1 saturated carbocycles. The Morgan fingerprint density at radius 2 is 2.06 bits per heavy atom. The van der Waals surface area contributed by atoms with Crippen LogP contribution in [0.3, 0.4) is 0 Å². The average molecular weight is 251 g/mol. The van der Waals surface area contributed by atoms with Crippen LogP contribution in [0.1, 0.15) is 38.5 Å². The van der Waals surface area contributed by atoms with E-state index >= 15 is 0 Å². The van der Waals surface area contributed by atoms with Gasteiger partial charge in [0.2, 0.25) is 0 Å². The summed E-state index contributed by atoms with van der Waals surface area (Å²) in [4.78, 5) is 24.6. The van der Waals surface area contributed by atoms with Crippen molar-refractivity contribution in [3.8, 4) is 0 Å². The molecule has 0 aromatic carbocycles. The zero-order valence-electron chi connectivity index (χ0n) is 10.7. The molecule has 1 aliphatic rings. The molecule has 1 heterocycles. The molecule has 1 aliphatic carbocycles. The lowest BCUT2D eigenvalue weighted by molar-refractivity contribution is 0.368. The molecule has 2 rings (SSSR count). The van der Waals surface area contributed by atoms with Crippen LogP contribution in [0.25, 0.3) is 0 Å². The lowest BCUT2D eigenvalue weighted by Crippen LogP contribution is -2.33. The summed E-state index contributed by atoms with van der Waals surface area (Å²) >= 11 is 0. The van der Waals surface area contributed by atoms with Crippen molar-refractivity contribution in [2.45, 2.75) is 51.1 Å². The summed E-state index contributed by atoms with van der Waals surface area (Å²) in [5.41, 5.74) is -0.656. The van der Waals surface area contributed by atoms with Gasteiger partial charge in [0.15, 0.2) is 0 Å². The Kier molecular flexibility index (Phi) is 4.75. The van der Waals surface area contributed by atoms with Crippen molar-refractivity contribution >= 4 is 0 Å². The minimum atomic E-state index is -0.336. The maximum Gasteiger partial charge on any atom is 0.328 e. The Hall–Kier alpha value is -1.36. The van der Waals surface area contributed by atoms with Crippen LogP contribution in [0.4, 0.5) is 0 Å². The van der Waals surface area contributed by atoms with Crippen LogP contribution in [0.15, 0.2) is 21.9 Å². The fourth-order valence-electron chi connectivity index (χ4n) is 2.48. The number of nitrogens with one attached hydrogen (secondary N) is 2. The van der Waals surface area contributed by atoms with Gasteiger partial charge in [0.05, 0.1) is 0 Å². The van der Waals surface area contributed by atoms with Crippen molar-refractivity contribution in [3.05, 3.63) is 33.1 Å². The first kappa shape index (κ1) is 13.1. The first-order chi connectivity index (χ1) is 8.75. The van der Waals surface area contributed by atoms with Crippen LogP contribution >= 0.6 is 0 Å². The Morgan fingerprint density at radius 1 is 1.28 bits per heavy atom. The van der Waals surface area contributed by atoms with Crippen molar-refractivity contribution < 1.29 is 0 Å². The van der Waals surface area contributed by atoms with E-state index in [-0.39, 0.29) is 11.2 Å². The second kappa shape index (κ2) is 6.54. The fourth-order valence-corrected chi connectivity index (χ4v) is 2.48. The van der Waals surface area contributed by atoms with Crippen LogP contribution in [0, 0.1) is 0 Å². The fraction of sp³-hybridized carbons (Fsp3) is 0.692. The molecule has 5 heteroatoms. The van der Waals surface area contributed by atoms with Crippen LogP contribution in [0.5, 0.6) is 0 Å². The van der Waals surface area contributed by atoms with E-state index in [4.69, 9.17) is 0 Å². The molecule has 1 aromatic rings. The quantitative estimate of drug-likeness (QED) is 0.762. The molecule has 0 spiro atoms. The van der Waals surface area contributed by atoms with E-state index in [1.165, 1.54) is 38.2 Å². The third-order valence-corrected chi connectivity index (χ3v) is 3.51. The molecule has 1 fully saturated rings. The van der Waals surface area contributed by atoms with E-state index in [1.807, 2.05) is 0 Å². The first-order valence-electron chi connectivity index (χ1n) is 6.79. The lowest BCUT2D eigenvalue weighted by Gasteiger charge is -2.22. The molecule has 2 N–H and O–H groups in total. The van der Waals surface area contributed by atoms with Crippen LogP contribution in [-0.4, -0.2) is 22.1 Å². The smallest absolute Gasteiger partial charge is 0.314 e. The summed E-state index contributed by atoms with van der Waals surface area (Å²) in [6.07, 6.45) is 9.04. The predicted octanol–water partition coefficient (Wildman–Crippen LogP) is 0.849.